The number of piperidine rings is 1. The molecule has 1 atom stereocenters. The highest BCUT2D eigenvalue weighted by Gasteiger charge is 2.34. The average molecular weight is 461 g/mol. The van der Waals surface area contributed by atoms with Crippen LogP contribution in [0.3, 0.4) is 0 Å². The van der Waals surface area contributed by atoms with Gasteiger partial charge in [-0.2, -0.15) is 8.78 Å². The van der Waals surface area contributed by atoms with Crippen molar-refractivity contribution in [2.75, 3.05) is 11.9 Å². The van der Waals surface area contributed by atoms with Gasteiger partial charge in [-0.1, -0.05) is 0 Å². The molecule has 3 aromatic rings. The molecule has 0 spiro atoms. The zero-order valence-corrected chi connectivity index (χ0v) is 18.0. The number of benzene rings is 1. The Labute approximate surface area is 187 Å². The topological polar surface area (TPSA) is 84.7 Å². The third kappa shape index (κ3) is 4.80. The molecule has 0 aliphatic carbocycles. The highest BCUT2D eigenvalue weighted by molar-refractivity contribution is 7.16. The van der Waals surface area contributed by atoms with Gasteiger partial charge in [0.1, 0.15) is 11.8 Å². The van der Waals surface area contributed by atoms with E-state index >= 15 is 0 Å². The number of carbonyl (C=O) groups is 2. The molecule has 1 unspecified atom stereocenters. The van der Waals surface area contributed by atoms with Crippen molar-refractivity contribution in [3.63, 3.8) is 0 Å². The lowest BCUT2D eigenvalue weighted by atomic mass is 10.0. The number of likely N-dealkylation sites (tertiary alicyclic amines) is 1. The van der Waals surface area contributed by atoms with E-state index in [1.54, 1.807) is 29.2 Å². The number of hydrogen-bond donors (Lipinski definition) is 1. The van der Waals surface area contributed by atoms with E-state index in [0.717, 1.165) is 17.7 Å². The number of aromatic nitrogens is 1. The number of hydrogen-bond acceptors (Lipinski definition) is 6. The predicted octanol–water partition coefficient (Wildman–Crippen LogP) is 4.95. The van der Waals surface area contributed by atoms with Crippen LogP contribution in [-0.4, -0.2) is 40.9 Å². The van der Waals surface area contributed by atoms with Crippen LogP contribution in [0.1, 0.15) is 34.7 Å². The van der Waals surface area contributed by atoms with E-state index in [1.165, 1.54) is 29.7 Å². The lowest BCUT2D eigenvalue weighted by Gasteiger charge is -2.33. The molecule has 2 aromatic heterocycles. The summed E-state index contributed by atoms with van der Waals surface area (Å²) in [6, 6.07) is 8.77. The normalized spacial score (nSPS) is 16.2. The Morgan fingerprint density at radius 1 is 1.25 bits per heavy atom. The molecule has 1 aromatic carbocycles. The monoisotopic (exact) mass is 461 g/mol. The predicted molar refractivity (Wildman–Crippen MR) is 115 cm³/mol. The van der Waals surface area contributed by atoms with Gasteiger partial charge in [0, 0.05) is 17.0 Å². The largest absolute Gasteiger partial charge is 0.459 e. The number of furan rings is 1. The highest BCUT2D eigenvalue weighted by atomic mass is 32.1. The van der Waals surface area contributed by atoms with E-state index in [9.17, 15) is 18.4 Å². The number of nitrogens with zero attached hydrogens (tertiary/aromatic N) is 2. The van der Waals surface area contributed by atoms with E-state index < -0.39 is 12.7 Å². The van der Waals surface area contributed by atoms with Gasteiger partial charge in [0.25, 0.3) is 5.91 Å². The maximum atomic E-state index is 13.0. The van der Waals surface area contributed by atoms with Gasteiger partial charge < -0.3 is 19.4 Å². The number of thiazole rings is 1. The quantitative estimate of drug-likeness (QED) is 0.562. The second kappa shape index (κ2) is 9.47. The van der Waals surface area contributed by atoms with Gasteiger partial charge in [-0.15, -0.1) is 11.3 Å². The first-order chi connectivity index (χ1) is 15.4. The van der Waals surface area contributed by atoms with Crippen LogP contribution in [0.5, 0.6) is 5.75 Å². The summed E-state index contributed by atoms with van der Waals surface area (Å²) in [5.74, 6) is -0.345. The van der Waals surface area contributed by atoms with Crippen LogP contribution in [0.15, 0.2) is 47.1 Å². The van der Waals surface area contributed by atoms with Crippen molar-refractivity contribution in [2.24, 2.45) is 0 Å². The minimum atomic E-state index is -2.89. The fourth-order valence-electron chi connectivity index (χ4n) is 3.69. The number of carbonyl (C=O) groups excluding carboxylic acids is 2. The molecule has 1 N–H and O–H groups in total. The van der Waals surface area contributed by atoms with Crippen molar-refractivity contribution in [2.45, 2.75) is 38.8 Å². The van der Waals surface area contributed by atoms with Gasteiger partial charge in [0.2, 0.25) is 5.91 Å². The molecule has 1 aliphatic rings. The standard InChI is InChI=1S/C22H21F2N3O4S/c1-13-18(14-7-9-15(10-8-14)31-21(23)24)25-22(32-13)26-19(28)16-5-2-3-11-27(16)20(29)17-6-4-12-30-17/h4,6-10,12,16,21H,2-3,5,11H2,1H3,(H,25,26,28). The first-order valence-corrected chi connectivity index (χ1v) is 10.9. The first kappa shape index (κ1) is 21.9. The molecule has 4 rings (SSSR count). The van der Waals surface area contributed by atoms with E-state index in [-0.39, 0.29) is 23.3 Å². The number of halogens is 2. The maximum absolute atomic E-state index is 13.0. The van der Waals surface area contributed by atoms with Crippen LogP contribution in [0, 0.1) is 6.92 Å². The number of anilines is 1. The van der Waals surface area contributed by atoms with E-state index in [2.05, 4.69) is 15.0 Å². The van der Waals surface area contributed by atoms with Gasteiger partial charge in [0.05, 0.1) is 12.0 Å². The average Bonchev–Trinajstić information content (AvgIpc) is 3.43. The summed E-state index contributed by atoms with van der Waals surface area (Å²) in [4.78, 5) is 32.6. The molecule has 32 heavy (non-hydrogen) atoms. The highest BCUT2D eigenvalue weighted by Crippen LogP contribution is 2.32. The van der Waals surface area contributed by atoms with Crippen molar-refractivity contribution in [1.82, 2.24) is 9.88 Å². The molecule has 3 heterocycles. The number of aryl methyl sites for hydroxylation is 1. The Kier molecular flexibility index (Phi) is 6.50. The molecule has 7 nitrogen and oxygen atoms in total. The Balaban J connectivity index is 1.48. The van der Waals surface area contributed by atoms with Crippen LogP contribution in [0.4, 0.5) is 13.9 Å². The SMILES string of the molecule is Cc1sc(NC(=O)C2CCCCN2C(=O)c2ccco2)nc1-c1ccc(OC(F)F)cc1. The first-order valence-electron chi connectivity index (χ1n) is 10.1. The fraction of sp³-hybridized carbons (Fsp3) is 0.318. The summed E-state index contributed by atoms with van der Waals surface area (Å²) in [6.07, 6.45) is 3.65. The molecular weight excluding hydrogens is 440 g/mol. The molecule has 0 bridgehead atoms. The summed E-state index contributed by atoms with van der Waals surface area (Å²) in [5, 5.41) is 3.24. The van der Waals surface area contributed by atoms with E-state index in [1.807, 2.05) is 6.92 Å². The van der Waals surface area contributed by atoms with Crippen LogP contribution < -0.4 is 10.1 Å². The van der Waals surface area contributed by atoms with E-state index in [0.29, 0.717) is 29.4 Å². The zero-order valence-electron chi connectivity index (χ0n) is 17.2. The molecule has 0 saturated carbocycles. The number of ether oxygens (including phenoxy) is 1. The van der Waals surface area contributed by atoms with E-state index in [4.69, 9.17) is 4.42 Å². The van der Waals surface area contributed by atoms with Gasteiger partial charge in [-0.05, 0) is 62.6 Å². The third-order valence-corrected chi connectivity index (χ3v) is 6.06. The van der Waals surface area contributed by atoms with Crippen molar-refractivity contribution < 1.29 is 27.5 Å². The van der Waals surface area contributed by atoms with Crippen LogP contribution >= 0.6 is 11.3 Å². The Hall–Kier alpha value is -3.27. The molecule has 1 fully saturated rings. The van der Waals surface area contributed by atoms with Crippen molar-refractivity contribution in [3.8, 4) is 17.0 Å². The van der Waals surface area contributed by atoms with Crippen LogP contribution in [0.2, 0.25) is 0 Å². The number of rotatable bonds is 6. The fourth-order valence-corrected chi connectivity index (χ4v) is 4.53. The van der Waals surface area contributed by atoms with Crippen LogP contribution in [0.25, 0.3) is 11.3 Å². The van der Waals surface area contributed by atoms with Crippen LogP contribution in [-0.2, 0) is 4.79 Å². The summed E-state index contributed by atoms with van der Waals surface area (Å²) < 4.78 is 34.3. The van der Waals surface area contributed by atoms with Gasteiger partial charge in [-0.3, -0.25) is 9.59 Å². The molecule has 1 saturated heterocycles. The molecule has 1 aliphatic heterocycles. The van der Waals surface area contributed by atoms with Crippen molar-refractivity contribution >= 4 is 28.3 Å². The third-order valence-electron chi connectivity index (χ3n) is 5.18. The molecule has 2 amide bonds. The minimum absolute atomic E-state index is 0.0590. The lowest BCUT2D eigenvalue weighted by Crippen LogP contribution is -2.49. The smallest absolute Gasteiger partial charge is 0.387 e. The Morgan fingerprint density at radius 2 is 2.03 bits per heavy atom. The Morgan fingerprint density at radius 3 is 2.72 bits per heavy atom. The summed E-state index contributed by atoms with van der Waals surface area (Å²) >= 11 is 1.31. The second-order valence-corrected chi connectivity index (χ2v) is 8.51. The summed E-state index contributed by atoms with van der Waals surface area (Å²) in [7, 11) is 0. The zero-order chi connectivity index (χ0) is 22.7. The minimum Gasteiger partial charge on any atom is -0.459 e. The molecule has 10 heteroatoms. The number of nitrogens with one attached hydrogen (secondary N) is 1. The lowest BCUT2D eigenvalue weighted by molar-refractivity contribution is -0.121. The van der Waals surface area contributed by atoms with Crippen molar-refractivity contribution in [1.29, 1.82) is 0 Å². The Bertz CT molecular complexity index is 1080. The van der Waals surface area contributed by atoms with Gasteiger partial charge in [-0.25, -0.2) is 4.98 Å². The van der Waals surface area contributed by atoms with Gasteiger partial charge in [0.15, 0.2) is 10.9 Å². The molecule has 0 radical (unpaired) electrons. The number of alkyl halides is 2. The second-order valence-electron chi connectivity index (χ2n) is 7.30. The number of amides is 2. The maximum Gasteiger partial charge on any atom is 0.387 e. The summed E-state index contributed by atoms with van der Waals surface area (Å²) in [5.41, 5.74) is 1.36. The van der Waals surface area contributed by atoms with Crippen molar-refractivity contribution in [3.05, 3.63) is 53.3 Å². The molecule has 168 valence electrons. The summed E-state index contributed by atoms with van der Waals surface area (Å²) in [6.45, 7) is -0.547. The molecular formula is C22H21F2N3O4S. The van der Waals surface area contributed by atoms with Gasteiger partial charge >= 0.3 is 6.61 Å².